The van der Waals surface area contributed by atoms with E-state index in [-0.39, 0.29) is 94.4 Å². The van der Waals surface area contributed by atoms with Crippen LogP contribution in [-0.4, -0.2) is 130 Å². The monoisotopic (exact) mass is 1550 g/mol. The van der Waals surface area contributed by atoms with Gasteiger partial charge in [0.2, 0.25) is 29.5 Å². The number of unbranched alkanes of at least 4 members (excludes halogenated alkanes) is 20. The molecular weight excluding hydrogens is 1430 g/mol. The molecule has 0 unspecified atom stereocenters. The molecule has 0 bridgehead atoms. The maximum Gasteiger partial charge on any atom is 0.246 e. The van der Waals surface area contributed by atoms with E-state index in [1.165, 1.54) is 192 Å². The van der Waals surface area contributed by atoms with Gasteiger partial charge in [0.05, 0.1) is 49.3 Å². The van der Waals surface area contributed by atoms with Crippen molar-refractivity contribution in [2.45, 2.75) is 230 Å². The highest BCUT2D eigenvalue weighted by molar-refractivity contribution is 7.74. The summed E-state index contributed by atoms with van der Waals surface area (Å²) in [6, 6.07) is 67.4. The number of hydrogen-bond acceptors (Lipinski definition) is 9. The van der Waals surface area contributed by atoms with E-state index in [2.05, 4.69) is 198 Å². The quantitative estimate of drug-likeness (QED) is 0.0107. The normalized spacial score (nSPS) is 11.3. The number of carbonyl (C=O) groups excluding carboxylic acids is 5. The number of hydrogen-bond donors (Lipinski definition) is 5. The van der Waals surface area contributed by atoms with E-state index in [1.807, 2.05) is 0 Å². The molecule has 5 amide bonds. The second kappa shape index (κ2) is 58.2. The number of amides is 5. The van der Waals surface area contributed by atoms with E-state index >= 15 is 0 Å². The molecule has 19 heteroatoms. The highest BCUT2D eigenvalue weighted by Gasteiger charge is 2.39. The van der Waals surface area contributed by atoms with Crippen molar-refractivity contribution >= 4 is 56.5 Å². The van der Waals surface area contributed by atoms with Gasteiger partial charge in [-0.3, -0.25) is 39.6 Å². The van der Waals surface area contributed by atoms with E-state index in [4.69, 9.17) is 0 Å². The molecule has 0 atom stereocenters. The van der Waals surface area contributed by atoms with Crippen LogP contribution in [0.25, 0.3) is 0 Å². The summed E-state index contributed by atoms with van der Waals surface area (Å²) in [6.07, 6.45) is 36.3. The summed E-state index contributed by atoms with van der Waals surface area (Å²) >= 11 is 0. The number of halogens is 3. The van der Waals surface area contributed by atoms with E-state index in [0.29, 0.717) is 68.2 Å². The number of benzene rings is 6. The Labute approximate surface area is 657 Å². The van der Waals surface area contributed by atoms with Gasteiger partial charge in [0.15, 0.2) is 0 Å². The van der Waals surface area contributed by atoms with Crippen LogP contribution in [0.1, 0.15) is 227 Å². The minimum atomic E-state index is -1.40. The first-order valence-electron chi connectivity index (χ1n) is 39.4. The Kier molecular flexibility index (Phi) is 51.9. The fourth-order valence-corrected chi connectivity index (χ4v) is 23.6. The van der Waals surface area contributed by atoms with Crippen molar-refractivity contribution in [1.82, 2.24) is 30.7 Å². The van der Waals surface area contributed by atoms with Crippen LogP contribution in [0.2, 0.25) is 0 Å². The lowest BCUT2D eigenvalue weighted by Gasteiger charge is -2.29. The maximum atomic E-state index is 12.9. The van der Waals surface area contributed by atoms with Crippen LogP contribution in [-0.2, 0) is 60.9 Å². The Morgan fingerprint density at radius 2 is 0.509 bits per heavy atom. The van der Waals surface area contributed by atoms with Crippen LogP contribution in [0.5, 0.6) is 0 Å². The molecule has 0 aliphatic carbocycles. The first kappa shape index (κ1) is 94.4. The number of nitrogens with one attached hydrogen (secondary N) is 2. The third-order valence-corrected chi connectivity index (χ3v) is 28.8. The van der Waals surface area contributed by atoms with Gasteiger partial charge < -0.3 is 40.3 Å². The van der Waals surface area contributed by atoms with Crippen molar-refractivity contribution in [2.75, 3.05) is 64.7 Å². The van der Waals surface area contributed by atoms with Gasteiger partial charge in [0.1, 0.15) is 0 Å². The fourth-order valence-electron chi connectivity index (χ4n) is 14.3. The van der Waals surface area contributed by atoms with Gasteiger partial charge >= 0.3 is 0 Å². The van der Waals surface area contributed by atoms with E-state index < -0.39 is 32.2 Å². The van der Waals surface area contributed by atoms with Gasteiger partial charge in [-0.25, -0.2) is 15.2 Å². The van der Waals surface area contributed by atoms with Crippen LogP contribution in [0.4, 0.5) is 0 Å². The summed E-state index contributed by atoms with van der Waals surface area (Å²) in [5.41, 5.74) is 8.86. The summed E-state index contributed by atoms with van der Waals surface area (Å²) in [5, 5.41) is 37.9. The fraction of sp³-hybridized carbons (Fsp3) is 0.529. The summed E-state index contributed by atoms with van der Waals surface area (Å²) in [7, 11) is -2.80. The Bertz CT molecular complexity index is 2860. The van der Waals surface area contributed by atoms with E-state index in [1.54, 1.807) is 0 Å². The third kappa shape index (κ3) is 42.3. The second-order valence-electron chi connectivity index (χ2n) is 29.0. The number of nitrogens with zero attached hydrogens (tertiary/aromatic N) is 4. The maximum absolute atomic E-state index is 12.9. The van der Waals surface area contributed by atoms with Crippen LogP contribution < -0.4 is 35.4 Å². The molecule has 0 saturated heterocycles. The Balaban J connectivity index is 0.00000972. The second-order valence-corrected chi connectivity index (χ2v) is 37.2. The first-order chi connectivity index (χ1) is 50.3. The van der Waals surface area contributed by atoms with E-state index in [0.717, 1.165) is 37.5 Å². The highest BCUT2D eigenvalue weighted by Crippen LogP contribution is 2.68. The van der Waals surface area contributed by atoms with Crippen LogP contribution in [0.3, 0.4) is 0 Å². The molecule has 0 radical (unpaired) electrons. The summed E-state index contributed by atoms with van der Waals surface area (Å²) in [4.78, 5) is 63.8. The molecule has 0 spiro atoms. The Morgan fingerprint density at radius 3 is 0.774 bits per heavy atom. The largest absolute Gasteiger partial charge is 1.00 e. The highest BCUT2D eigenvalue weighted by atomic mass is 35.5. The van der Waals surface area contributed by atoms with Gasteiger partial charge in [-0.05, 0) is 143 Å². The van der Waals surface area contributed by atoms with Crippen molar-refractivity contribution in [2.24, 2.45) is 0 Å². The lowest BCUT2D eigenvalue weighted by Crippen LogP contribution is -3.00. The smallest absolute Gasteiger partial charge is 0.246 e. The minimum Gasteiger partial charge on any atom is -1.00 e. The van der Waals surface area contributed by atoms with Gasteiger partial charge in [-0.15, -0.1) is 12.4 Å². The third-order valence-electron chi connectivity index (χ3n) is 20.0. The molecule has 0 fully saturated rings. The lowest BCUT2D eigenvalue weighted by atomic mass is 10.1. The molecule has 14 nitrogen and oxygen atoms in total. The molecule has 0 heterocycles. The molecule has 6 aromatic carbocycles. The van der Waals surface area contributed by atoms with Gasteiger partial charge in [-0.2, -0.15) is 0 Å². The predicted molar refractivity (Wildman–Crippen MR) is 434 cm³/mol. The minimum absolute atomic E-state index is 0. The zero-order chi connectivity index (χ0) is 73.1. The zero-order valence-electron chi connectivity index (χ0n) is 63.9. The number of carbonyl (C=O) groups is 5. The molecule has 0 aromatic heterocycles. The topological polar surface area (TPSA) is 183 Å². The molecular formula is C87H129Cl3N6O8P2. The Morgan fingerprint density at radius 1 is 0.292 bits per heavy atom. The molecule has 0 saturated carbocycles. The summed E-state index contributed by atoms with van der Waals surface area (Å²) < 4.78 is 0. The van der Waals surface area contributed by atoms with Crippen molar-refractivity contribution in [3.8, 4) is 0 Å². The SMILES string of the molecule is CC(=O)N(O)CCCCCNC(=O)CCC(=O)N(O)CCCCCNC(=O)CCC(=O)N(O)CCCCCN(CCCCCCCCCC[P+](Cc1ccccc1)(Cc1ccccc1)Cc1ccccc1)CCCCCCCCCC[P+](Cc1ccccc1)(Cc1ccccc1)Cc1ccccc1.Cl.[Cl-].[Cl-]. The van der Waals surface area contributed by atoms with Gasteiger partial charge in [-0.1, -0.05) is 253 Å². The zero-order valence-corrected chi connectivity index (χ0v) is 68.0. The van der Waals surface area contributed by atoms with Crippen molar-refractivity contribution in [3.05, 3.63) is 215 Å². The van der Waals surface area contributed by atoms with Gasteiger partial charge in [0.25, 0.3) is 0 Å². The van der Waals surface area contributed by atoms with Crippen LogP contribution >= 0.6 is 26.9 Å². The van der Waals surface area contributed by atoms with E-state index in [9.17, 15) is 39.6 Å². The molecule has 5 N–H and O–H groups in total. The molecule has 0 aliphatic rings. The standard InChI is InChI=1S/C87H126N6O8P2.3ClH/c1-77(94)91(99)66-40-20-35-61-88-84(95)57-59-86(97)92(100)67-41-21-36-62-89-85(96)58-60-87(98)93(101)68-42-22-39-65-90(63-37-10-6-2-4-8-12-43-69-102(71-78-45-23-14-24-46-78,72-79-47-25-15-26-48-79)73-80-49-27-16-28-50-80)64-38-11-7-3-5-9-13-44-70-103(74-81-51-29-17-30-52-81,75-82-53-31-18-32-54-82)76-83-55-33-19-34-56-83;;;/h14-19,23-34,45-56,99-101H,2-13,20-22,35-44,57-76H2,1H3;3*1H. The number of rotatable bonds is 58. The molecule has 0 aliphatic heterocycles. The molecule has 6 rings (SSSR count). The van der Waals surface area contributed by atoms with Gasteiger partial charge in [0, 0.05) is 79.9 Å². The summed E-state index contributed by atoms with van der Waals surface area (Å²) in [5.74, 6) is -1.98. The summed E-state index contributed by atoms with van der Waals surface area (Å²) in [6.45, 7) is 5.90. The number of hydroxylamine groups is 6. The van der Waals surface area contributed by atoms with Crippen LogP contribution in [0.15, 0.2) is 182 Å². The molecule has 6 aromatic rings. The first-order valence-corrected chi connectivity index (χ1v) is 44.5. The van der Waals surface area contributed by atoms with Crippen molar-refractivity contribution < 1.29 is 64.4 Å². The van der Waals surface area contributed by atoms with Crippen molar-refractivity contribution in [1.29, 1.82) is 0 Å². The average molecular weight is 1560 g/mol. The predicted octanol–water partition coefficient (Wildman–Crippen LogP) is 14.2. The molecule has 106 heavy (non-hydrogen) atoms. The average Bonchev–Trinajstić information content (AvgIpc) is 0.824. The Hall–Kier alpha value is -5.76. The molecule has 586 valence electrons. The van der Waals surface area contributed by atoms with Crippen LogP contribution in [0, 0.1) is 0 Å². The lowest BCUT2D eigenvalue weighted by molar-refractivity contribution is -0.166. The van der Waals surface area contributed by atoms with Crippen molar-refractivity contribution in [3.63, 3.8) is 0 Å².